The maximum absolute atomic E-state index is 14.4. The molecule has 1 saturated heterocycles. The Balaban J connectivity index is 1.90. The molecule has 2 aromatic carbocycles. The Labute approximate surface area is 170 Å². The van der Waals surface area contributed by atoms with Crippen molar-refractivity contribution in [2.24, 2.45) is 11.8 Å². The van der Waals surface area contributed by atoms with Gasteiger partial charge in [-0.1, -0.05) is 26.0 Å². The maximum Gasteiger partial charge on any atom is 0.258 e. The predicted molar refractivity (Wildman–Crippen MR) is 109 cm³/mol. The fourth-order valence-corrected chi connectivity index (χ4v) is 5.43. The molecule has 1 heterocycles. The van der Waals surface area contributed by atoms with Crippen molar-refractivity contribution in [1.82, 2.24) is 4.31 Å². The van der Waals surface area contributed by atoms with Crippen molar-refractivity contribution < 1.29 is 22.3 Å². The van der Waals surface area contributed by atoms with Crippen molar-refractivity contribution in [2.45, 2.75) is 25.2 Å². The highest BCUT2D eigenvalue weighted by Gasteiger charge is 2.32. The van der Waals surface area contributed by atoms with Crippen LogP contribution in [0.25, 0.3) is 0 Å². The van der Waals surface area contributed by atoms with Crippen LogP contribution in [0.5, 0.6) is 5.75 Å². The van der Waals surface area contributed by atoms with Crippen LogP contribution in [0.3, 0.4) is 0 Å². The highest BCUT2D eigenvalue weighted by molar-refractivity contribution is 7.89. The number of carbonyl (C=O) groups is 1. The molecular formula is C21H25FN2O4S. The largest absolute Gasteiger partial charge is 0.495 e. The van der Waals surface area contributed by atoms with Crippen LogP contribution in [0.15, 0.2) is 47.4 Å². The molecule has 1 fully saturated rings. The Kier molecular flexibility index (Phi) is 6.24. The third-order valence-corrected chi connectivity index (χ3v) is 6.84. The molecule has 0 aromatic heterocycles. The van der Waals surface area contributed by atoms with Gasteiger partial charge in [-0.25, -0.2) is 12.8 Å². The maximum atomic E-state index is 14.4. The van der Waals surface area contributed by atoms with E-state index >= 15 is 0 Å². The van der Waals surface area contributed by atoms with Crippen LogP contribution in [0.4, 0.5) is 10.1 Å². The zero-order valence-corrected chi connectivity index (χ0v) is 17.5. The standard InChI is InChI=1S/C21H25FN2O4S/c1-14-10-15(2)13-24(12-14)29(26,27)16-8-9-18(22)17(11-16)21(25)23-19-6-4-5-7-20(19)28-3/h4-9,11,14-15H,10,12-13H2,1-3H3,(H,23,25)/t14-,15-/m0/s1. The van der Waals surface area contributed by atoms with Gasteiger partial charge < -0.3 is 10.1 Å². The molecule has 1 aliphatic heterocycles. The van der Waals surface area contributed by atoms with Crippen LogP contribution in [0.2, 0.25) is 0 Å². The normalized spacial score (nSPS) is 20.3. The van der Waals surface area contributed by atoms with E-state index < -0.39 is 21.7 Å². The number of ether oxygens (including phenoxy) is 1. The number of carbonyl (C=O) groups excluding carboxylic acids is 1. The van der Waals surface area contributed by atoms with Crippen molar-refractivity contribution in [3.05, 3.63) is 53.8 Å². The minimum atomic E-state index is -3.82. The molecule has 1 N–H and O–H groups in total. The van der Waals surface area contributed by atoms with E-state index in [1.807, 2.05) is 13.8 Å². The van der Waals surface area contributed by atoms with Gasteiger partial charge in [0.1, 0.15) is 11.6 Å². The van der Waals surface area contributed by atoms with Crippen molar-refractivity contribution in [3.8, 4) is 5.75 Å². The number of amides is 1. The minimum Gasteiger partial charge on any atom is -0.495 e. The average molecular weight is 421 g/mol. The third kappa shape index (κ3) is 4.59. The van der Waals surface area contributed by atoms with Gasteiger partial charge in [-0.15, -0.1) is 0 Å². The van der Waals surface area contributed by atoms with Crippen LogP contribution in [-0.2, 0) is 10.0 Å². The first-order valence-corrected chi connectivity index (χ1v) is 10.9. The lowest BCUT2D eigenvalue weighted by Gasteiger charge is -2.34. The first kappa shape index (κ1) is 21.3. The molecule has 2 aromatic rings. The number of nitrogens with one attached hydrogen (secondary N) is 1. The van der Waals surface area contributed by atoms with Gasteiger partial charge in [-0.3, -0.25) is 4.79 Å². The second-order valence-electron chi connectivity index (χ2n) is 7.56. The molecule has 6 nitrogen and oxygen atoms in total. The number of benzene rings is 2. The number of nitrogens with zero attached hydrogens (tertiary/aromatic N) is 1. The van der Waals surface area contributed by atoms with Gasteiger partial charge in [-0.05, 0) is 48.6 Å². The predicted octanol–water partition coefficient (Wildman–Crippen LogP) is 3.75. The van der Waals surface area contributed by atoms with Gasteiger partial charge in [0.25, 0.3) is 5.91 Å². The van der Waals surface area contributed by atoms with Crippen LogP contribution in [0, 0.1) is 17.7 Å². The third-order valence-electron chi connectivity index (χ3n) is 5.01. The number of hydrogen-bond acceptors (Lipinski definition) is 4. The zero-order chi connectivity index (χ0) is 21.2. The first-order chi connectivity index (χ1) is 13.7. The second-order valence-corrected chi connectivity index (χ2v) is 9.50. The molecule has 8 heteroatoms. The lowest BCUT2D eigenvalue weighted by Crippen LogP contribution is -2.42. The summed E-state index contributed by atoms with van der Waals surface area (Å²) in [4.78, 5) is 12.6. The molecule has 0 unspecified atom stereocenters. The summed E-state index contributed by atoms with van der Waals surface area (Å²) < 4.78 is 47.1. The van der Waals surface area contributed by atoms with Gasteiger partial charge in [0, 0.05) is 13.1 Å². The van der Waals surface area contributed by atoms with Crippen LogP contribution >= 0.6 is 0 Å². The number of rotatable bonds is 5. The number of piperidine rings is 1. The van der Waals surface area contributed by atoms with Crippen molar-refractivity contribution in [2.75, 3.05) is 25.5 Å². The van der Waals surface area contributed by atoms with E-state index in [2.05, 4.69) is 5.32 Å². The smallest absolute Gasteiger partial charge is 0.258 e. The van der Waals surface area contributed by atoms with Crippen molar-refractivity contribution in [1.29, 1.82) is 0 Å². The Bertz CT molecular complexity index is 999. The second kappa shape index (κ2) is 8.51. The number of halogens is 1. The van der Waals surface area contributed by atoms with E-state index in [1.54, 1.807) is 24.3 Å². The quantitative estimate of drug-likeness (QED) is 0.799. The average Bonchev–Trinajstić information content (AvgIpc) is 2.67. The summed E-state index contributed by atoms with van der Waals surface area (Å²) in [5.41, 5.74) is 0.0291. The van der Waals surface area contributed by atoms with Gasteiger partial charge in [-0.2, -0.15) is 4.31 Å². The summed E-state index contributed by atoms with van der Waals surface area (Å²) in [5, 5.41) is 2.58. The number of anilines is 1. The van der Waals surface area contributed by atoms with E-state index in [9.17, 15) is 17.6 Å². The Hall–Kier alpha value is -2.45. The lowest BCUT2D eigenvalue weighted by molar-refractivity contribution is 0.102. The molecule has 1 aliphatic rings. The Morgan fingerprint density at radius 2 is 1.79 bits per heavy atom. The highest BCUT2D eigenvalue weighted by Crippen LogP contribution is 2.28. The van der Waals surface area contributed by atoms with Gasteiger partial charge in [0.2, 0.25) is 10.0 Å². The van der Waals surface area contributed by atoms with E-state index in [4.69, 9.17) is 4.74 Å². The molecule has 0 spiro atoms. The summed E-state index contributed by atoms with van der Waals surface area (Å²) in [7, 11) is -2.37. The van der Waals surface area contributed by atoms with Crippen molar-refractivity contribution >= 4 is 21.6 Å². The molecule has 0 bridgehead atoms. The molecule has 1 amide bonds. The van der Waals surface area contributed by atoms with Crippen molar-refractivity contribution in [3.63, 3.8) is 0 Å². The molecule has 2 atom stereocenters. The van der Waals surface area contributed by atoms with Gasteiger partial charge in [0.15, 0.2) is 0 Å². The van der Waals surface area contributed by atoms with E-state index in [1.165, 1.54) is 17.5 Å². The summed E-state index contributed by atoms with van der Waals surface area (Å²) in [5.74, 6) is -0.646. The van der Waals surface area contributed by atoms with E-state index in [0.717, 1.165) is 18.6 Å². The summed E-state index contributed by atoms with van der Waals surface area (Å²) in [6.45, 7) is 4.84. The first-order valence-electron chi connectivity index (χ1n) is 9.46. The molecule has 0 saturated carbocycles. The number of methoxy groups -OCH3 is 1. The summed E-state index contributed by atoms with van der Waals surface area (Å²) >= 11 is 0. The lowest BCUT2D eigenvalue weighted by atomic mass is 9.94. The number of para-hydroxylation sites is 2. The highest BCUT2D eigenvalue weighted by atomic mass is 32.2. The molecule has 0 radical (unpaired) electrons. The number of sulfonamides is 1. The zero-order valence-electron chi connectivity index (χ0n) is 16.7. The molecule has 0 aliphatic carbocycles. The fraction of sp³-hybridized carbons (Fsp3) is 0.381. The number of hydrogen-bond donors (Lipinski definition) is 1. The summed E-state index contributed by atoms with van der Waals surface area (Å²) in [6.07, 6.45) is 0.960. The summed E-state index contributed by atoms with van der Waals surface area (Å²) in [6, 6.07) is 10.0. The molecule has 3 rings (SSSR count). The van der Waals surface area contributed by atoms with E-state index in [0.29, 0.717) is 24.5 Å². The van der Waals surface area contributed by atoms with Crippen LogP contribution in [0.1, 0.15) is 30.6 Å². The SMILES string of the molecule is COc1ccccc1NC(=O)c1cc(S(=O)(=O)N2C[C@@H](C)C[C@H](C)C2)ccc1F. The topological polar surface area (TPSA) is 75.7 Å². The monoisotopic (exact) mass is 420 g/mol. The van der Waals surface area contributed by atoms with Gasteiger partial charge >= 0.3 is 0 Å². The van der Waals surface area contributed by atoms with E-state index in [-0.39, 0.29) is 22.3 Å². The molecule has 156 valence electrons. The molecule has 29 heavy (non-hydrogen) atoms. The molecular weight excluding hydrogens is 395 g/mol. The van der Waals surface area contributed by atoms with Gasteiger partial charge in [0.05, 0.1) is 23.3 Å². The Morgan fingerprint density at radius 3 is 2.45 bits per heavy atom. The minimum absolute atomic E-state index is 0.0922. The van der Waals surface area contributed by atoms with Crippen LogP contribution < -0.4 is 10.1 Å². The Morgan fingerprint density at radius 1 is 1.14 bits per heavy atom. The fourth-order valence-electron chi connectivity index (χ4n) is 3.73. The van der Waals surface area contributed by atoms with Crippen LogP contribution in [-0.4, -0.2) is 38.8 Å².